The summed E-state index contributed by atoms with van der Waals surface area (Å²) < 4.78 is 49.9. The Morgan fingerprint density at radius 3 is 1.89 bits per heavy atom. The van der Waals surface area contributed by atoms with Gasteiger partial charge in [0.15, 0.2) is 11.9 Å². The fraction of sp³-hybridized carbons (Fsp3) is 0.167. The van der Waals surface area contributed by atoms with E-state index in [1.54, 1.807) is 12.1 Å². The first-order valence-corrected chi connectivity index (χ1v) is 9.70. The molecule has 0 amide bonds. The second-order valence-corrected chi connectivity index (χ2v) is 6.54. The Kier molecular flexibility index (Phi) is 10.9. The SMILES string of the molecule is CC(=O)c1coc(-c2ccc(F)cc2)n1.CF.[2H]O.[C-]#[N+]CC(O)c1coc(-c2ccc(F)cc2)n1. The van der Waals surface area contributed by atoms with Crippen molar-refractivity contribution in [3.8, 4) is 22.9 Å². The lowest BCUT2D eigenvalue weighted by Gasteiger charge is -1.96. The number of alkyl halides is 1. The van der Waals surface area contributed by atoms with Gasteiger partial charge in [-0.25, -0.2) is 25.3 Å². The van der Waals surface area contributed by atoms with Crippen LogP contribution in [0.3, 0.4) is 0 Å². The van der Waals surface area contributed by atoms with Gasteiger partial charge in [-0.2, -0.15) is 0 Å². The van der Waals surface area contributed by atoms with Gasteiger partial charge in [-0.3, -0.25) is 9.18 Å². The summed E-state index contributed by atoms with van der Waals surface area (Å²) in [6.45, 7) is 7.99. The number of aliphatic hydroxyl groups is 1. The third-order valence-electron chi connectivity index (χ3n) is 4.17. The summed E-state index contributed by atoms with van der Waals surface area (Å²) in [5.74, 6) is -0.206. The number of aliphatic hydroxyl groups excluding tert-OH is 1. The number of ketones is 1. The van der Waals surface area contributed by atoms with Crippen LogP contribution < -0.4 is 0 Å². The first-order chi connectivity index (χ1) is 17.4. The lowest BCUT2D eigenvalue weighted by atomic mass is 10.2. The van der Waals surface area contributed by atoms with Gasteiger partial charge >= 0.3 is 0 Å². The first-order valence-electron chi connectivity index (χ1n) is 10.1. The molecule has 2 aromatic carbocycles. The average Bonchev–Trinajstić information content (AvgIpc) is 3.59. The van der Waals surface area contributed by atoms with Gasteiger partial charge in [0, 0.05) is 18.1 Å². The summed E-state index contributed by atoms with van der Waals surface area (Å²) in [5, 5.41) is 9.53. The van der Waals surface area contributed by atoms with Crippen molar-refractivity contribution < 1.29 is 38.8 Å². The number of carbonyl (C=O) groups excluding carboxylic acids is 1. The number of benzene rings is 2. The van der Waals surface area contributed by atoms with Crippen LogP contribution in [0.15, 0.2) is 69.9 Å². The Morgan fingerprint density at radius 2 is 1.46 bits per heavy atom. The van der Waals surface area contributed by atoms with E-state index in [9.17, 15) is 23.1 Å². The Hall–Kier alpha value is -4.27. The molecule has 2 aromatic heterocycles. The van der Waals surface area contributed by atoms with Crippen LogP contribution in [0.4, 0.5) is 13.2 Å². The molecule has 0 aliphatic heterocycles. The molecule has 11 heteroatoms. The van der Waals surface area contributed by atoms with Gasteiger partial charge in [-0.15, -0.1) is 0 Å². The molecular weight excluding hydrogens is 467 g/mol. The van der Waals surface area contributed by atoms with E-state index in [1.807, 2.05) is 0 Å². The Morgan fingerprint density at radius 1 is 1.00 bits per heavy atom. The van der Waals surface area contributed by atoms with Crippen LogP contribution in [-0.2, 0) is 0 Å². The van der Waals surface area contributed by atoms with E-state index in [4.69, 9.17) is 22.3 Å². The highest BCUT2D eigenvalue weighted by Gasteiger charge is 2.16. The molecule has 1 unspecified atom stereocenters. The van der Waals surface area contributed by atoms with Crippen molar-refractivity contribution in [3.63, 3.8) is 0 Å². The Labute approximate surface area is 200 Å². The standard InChI is InChI=1S/C12H9FN2O2.C11H8FNO2.CH3F.H2O/c1-14-6-11(16)10-7-17-12(15-10)8-2-4-9(13)5-3-8;1-7(14)10-6-15-11(13-10)8-2-4-9(12)5-3-8;1-2;/h2-5,7,11,16H,6H2;2-6H,1H3;1H3;1H2/i/hD. The Bertz CT molecular complexity index is 1240. The van der Waals surface area contributed by atoms with Gasteiger partial charge in [0.1, 0.15) is 35.5 Å². The summed E-state index contributed by atoms with van der Waals surface area (Å²) in [5.41, 5.74) is 8.09. The van der Waals surface area contributed by atoms with Crippen molar-refractivity contribution in [1.29, 1.82) is 0 Å². The fourth-order valence-corrected chi connectivity index (χ4v) is 2.50. The van der Waals surface area contributed by atoms with E-state index < -0.39 is 6.10 Å². The van der Waals surface area contributed by atoms with Crippen LogP contribution in [-0.4, -0.2) is 40.1 Å². The van der Waals surface area contributed by atoms with Gasteiger partial charge in [-0.1, -0.05) is 0 Å². The number of hydrogen-bond donors (Lipinski definition) is 1. The zero-order chi connectivity index (χ0) is 27.1. The largest absolute Gasteiger partial charge is 0.444 e. The van der Waals surface area contributed by atoms with E-state index in [0.29, 0.717) is 35.8 Å². The molecule has 8 nitrogen and oxygen atoms in total. The van der Waals surface area contributed by atoms with Crippen molar-refractivity contribution in [2.45, 2.75) is 13.0 Å². The number of aromatic nitrogens is 2. The third kappa shape index (κ3) is 8.22. The number of oxazole rings is 2. The predicted molar refractivity (Wildman–Crippen MR) is 121 cm³/mol. The van der Waals surface area contributed by atoms with E-state index >= 15 is 0 Å². The van der Waals surface area contributed by atoms with Crippen LogP contribution in [0.25, 0.3) is 27.8 Å². The van der Waals surface area contributed by atoms with E-state index in [-0.39, 0.29) is 29.7 Å². The number of carbonyl (C=O) groups is 1. The molecule has 35 heavy (non-hydrogen) atoms. The van der Waals surface area contributed by atoms with Crippen molar-refractivity contribution in [3.05, 3.63) is 95.5 Å². The summed E-state index contributed by atoms with van der Waals surface area (Å²) >= 11 is 0. The van der Waals surface area contributed by atoms with Gasteiger partial charge in [0.25, 0.3) is 0 Å². The van der Waals surface area contributed by atoms with E-state index in [1.165, 1.54) is 55.8 Å². The molecule has 2 heterocycles. The molecule has 1 atom stereocenters. The smallest absolute Gasteiger partial charge is 0.246 e. The molecule has 0 spiro atoms. The number of halogens is 3. The predicted octanol–water partition coefficient (Wildman–Crippen LogP) is 4.88. The lowest BCUT2D eigenvalue weighted by molar-refractivity contribution is 0.101. The fourth-order valence-electron chi connectivity index (χ4n) is 2.50. The summed E-state index contributed by atoms with van der Waals surface area (Å²) in [6.07, 6.45) is 1.64. The van der Waals surface area contributed by atoms with Gasteiger partial charge < -0.3 is 24.3 Å². The third-order valence-corrected chi connectivity index (χ3v) is 4.17. The molecule has 0 saturated carbocycles. The highest BCUT2D eigenvalue weighted by Crippen LogP contribution is 2.22. The van der Waals surface area contributed by atoms with Crippen molar-refractivity contribution in [2.24, 2.45) is 0 Å². The topological polar surface area (TPSA) is 125 Å². The highest BCUT2D eigenvalue weighted by atomic mass is 19.1. The summed E-state index contributed by atoms with van der Waals surface area (Å²) in [7, 11) is 0.500. The molecule has 0 aliphatic carbocycles. The average molecular weight is 490 g/mol. The monoisotopic (exact) mass is 490 g/mol. The molecule has 184 valence electrons. The Balaban J connectivity index is 0.000000318. The highest BCUT2D eigenvalue weighted by molar-refractivity contribution is 5.92. The zero-order valence-electron chi connectivity index (χ0n) is 19.7. The summed E-state index contributed by atoms with van der Waals surface area (Å²) in [4.78, 5) is 22.1. The maximum absolute atomic E-state index is 12.7. The number of hydrogen-bond acceptors (Lipinski definition) is 6. The molecule has 0 bridgehead atoms. The van der Waals surface area contributed by atoms with Gasteiger partial charge in [0.2, 0.25) is 19.8 Å². The minimum Gasteiger partial charge on any atom is -0.444 e. The minimum atomic E-state index is -0.953. The summed E-state index contributed by atoms with van der Waals surface area (Å²) in [6, 6.07) is 11.4. The minimum absolute atomic E-state index is 0.0601. The zero-order valence-corrected chi connectivity index (χ0v) is 18.7. The van der Waals surface area contributed by atoms with E-state index in [0.717, 1.165) is 0 Å². The number of rotatable bonds is 5. The van der Waals surface area contributed by atoms with Crippen molar-refractivity contribution in [2.75, 3.05) is 13.7 Å². The first kappa shape index (κ1) is 27.0. The molecular formula is C24H22F3N3O5. The maximum atomic E-state index is 12.7. The van der Waals surface area contributed by atoms with E-state index in [2.05, 4.69) is 14.8 Å². The maximum Gasteiger partial charge on any atom is 0.246 e. The van der Waals surface area contributed by atoms with Crippen LogP contribution >= 0.6 is 0 Å². The second kappa shape index (κ2) is 14.1. The second-order valence-electron chi connectivity index (χ2n) is 6.54. The molecule has 0 saturated heterocycles. The van der Waals surface area contributed by atoms with Crippen LogP contribution in [0.5, 0.6) is 0 Å². The van der Waals surface area contributed by atoms with Crippen LogP contribution in [0.1, 0.15) is 30.6 Å². The molecule has 0 radical (unpaired) electrons. The molecule has 3 N–H and O–H groups in total. The molecule has 0 fully saturated rings. The molecule has 0 aliphatic rings. The number of Topliss-reactive ketones (excluding diaryl/α,β-unsaturated/α-hetero) is 1. The molecule has 4 rings (SSSR count). The van der Waals surface area contributed by atoms with Crippen LogP contribution in [0.2, 0.25) is 0 Å². The van der Waals surface area contributed by atoms with Gasteiger partial charge in [-0.05, 0) is 48.5 Å². The molecule has 4 aromatic rings. The van der Waals surface area contributed by atoms with Crippen molar-refractivity contribution in [1.82, 2.24) is 9.97 Å². The quantitative estimate of drug-likeness (QED) is 0.314. The van der Waals surface area contributed by atoms with Crippen LogP contribution in [0, 0.1) is 18.2 Å². The normalized spacial score (nSPS) is 10.6. The van der Waals surface area contributed by atoms with Crippen molar-refractivity contribution >= 4 is 5.78 Å². The van der Waals surface area contributed by atoms with Gasteiger partial charge in [0.05, 0.1) is 7.18 Å². The lowest BCUT2D eigenvalue weighted by Crippen LogP contribution is -2.00. The number of nitrogens with zero attached hydrogens (tertiary/aromatic N) is 3.